The van der Waals surface area contributed by atoms with Crippen LogP contribution in [-0.2, 0) is 0 Å². The number of benzene rings is 2. The summed E-state index contributed by atoms with van der Waals surface area (Å²) in [4.78, 5) is 11.6. The minimum Gasteiger partial charge on any atom is -0.870 e. The van der Waals surface area contributed by atoms with Crippen LogP contribution >= 0.6 is 0 Å². The van der Waals surface area contributed by atoms with Crippen molar-refractivity contribution in [1.29, 1.82) is 0 Å². The minimum atomic E-state index is -0.435. The average molecular weight is 281 g/mol. The Labute approximate surface area is 121 Å². The van der Waals surface area contributed by atoms with Crippen molar-refractivity contribution in [2.24, 2.45) is 0 Å². The van der Waals surface area contributed by atoms with E-state index in [1.54, 1.807) is 12.1 Å². The highest BCUT2D eigenvalue weighted by Crippen LogP contribution is 2.35. The smallest absolute Gasteiger partial charge is 0.182 e. The summed E-state index contributed by atoms with van der Waals surface area (Å²) in [6, 6.07) is 9.19. The molecule has 1 heterocycles. The summed E-state index contributed by atoms with van der Waals surface area (Å²) < 4.78 is 5.82. The molecule has 21 heavy (non-hydrogen) atoms. The van der Waals surface area contributed by atoms with Crippen LogP contribution in [0.1, 0.15) is 11.1 Å². The number of phenolic OH excluding ortho intramolecular Hbond substituents is 1. The lowest BCUT2D eigenvalue weighted by atomic mass is 10.00. The van der Waals surface area contributed by atoms with E-state index in [9.17, 15) is 15.0 Å². The van der Waals surface area contributed by atoms with Crippen molar-refractivity contribution < 1.29 is 14.6 Å². The molecule has 0 amide bonds. The van der Waals surface area contributed by atoms with Gasteiger partial charge < -0.3 is 14.6 Å². The van der Waals surface area contributed by atoms with Gasteiger partial charge in [-0.3, -0.25) is 4.79 Å². The van der Waals surface area contributed by atoms with Crippen LogP contribution < -0.4 is 10.5 Å². The maximum absolute atomic E-state index is 11.6. The van der Waals surface area contributed by atoms with Crippen molar-refractivity contribution in [1.82, 2.24) is 0 Å². The van der Waals surface area contributed by atoms with Crippen LogP contribution in [0.4, 0.5) is 0 Å². The Hall–Kier alpha value is -2.75. The maximum Gasteiger partial charge on any atom is 0.182 e. The number of phenols is 1. The highest BCUT2D eigenvalue weighted by Gasteiger charge is 2.14. The normalized spacial score (nSPS) is 11.0. The lowest BCUT2D eigenvalue weighted by Crippen LogP contribution is -2.02. The van der Waals surface area contributed by atoms with Crippen LogP contribution in [0.25, 0.3) is 22.6 Å². The predicted octanol–water partition coefficient (Wildman–Crippen LogP) is 2.81. The van der Waals surface area contributed by atoms with Gasteiger partial charge in [0, 0.05) is 17.2 Å². The van der Waals surface area contributed by atoms with Gasteiger partial charge in [-0.25, -0.2) is 0 Å². The van der Waals surface area contributed by atoms with E-state index in [1.807, 2.05) is 19.9 Å². The van der Waals surface area contributed by atoms with E-state index in [4.69, 9.17) is 4.42 Å². The number of hydrogen-bond donors (Lipinski definition) is 1. The summed E-state index contributed by atoms with van der Waals surface area (Å²) in [6.07, 6.45) is 0. The number of aromatic hydroxyl groups is 1. The molecular formula is C17H13O4-. The molecule has 1 aliphatic heterocycles. The first-order valence-electron chi connectivity index (χ1n) is 6.51. The second-order valence-electron chi connectivity index (χ2n) is 5.09. The summed E-state index contributed by atoms with van der Waals surface area (Å²) in [5.41, 5.74) is 3.08. The van der Waals surface area contributed by atoms with E-state index >= 15 is 0 Å². The SMILES string of the molecule is Cc1cc(=O)cc2oc(-c3ccc([O-])c(O)c3)c(C)cc1-2. The standard InChI is InChI=1S/C17H14O4/c1-9-5-12(18)8-16-13(9)6-10(2)17(21-16)11-3-4-14(19)15(20)7-11/h3-8,19-20H,1-2H3/p-1. The van der Waals surface area contributed by atoms with Crippen LogP contribution in [0.15, 0.2) is 45.6 Å². The molecule has 0 saturated heterocycles. The summed E-state index contributed by atoms with van der Waals surface area (Å²) >= 11 is 0. The molecule has 1 aliphatic carbocycles. The molecule has 0 bridgehead atoms. The van der Waals surface area contributed by atoms with Gasteiger partial charge in [0.15, 0.2) is 5.43 Å². The summed E-state index contributed by atoms with van der Waals surface area (Å²) in [7, 11) is 0. The van der Waals surface area contributed by atoms with E-state index in [2.05, 4.69) is 0 Å². The lowest BCUT2D eigenvalue weighted by molar-refractivity contribution is -0.270. The van der Waals surface area contributed by atoms with E-state index in [-0.39, 0.29) is 11.2 Å². The monoisotopic (exact) mass is 281 g/mol. The van der Waals surface area contributed by atoms with Crippen LogP contribution in [0, 0.1) is 13.8 Å². The molecule has 1 N–H and O–H groups in total. The second-order valence-corrected chi connectivity index (χ2v) is 5.09. The topological polar surface area (TPSA) is 73.5 Å². The van der Waals surface area contributed by atoms with Crippen molar-refractivity contribution in [3.63, 3.8) is 0 Å². The zero-order chi connectivity index (χ0) is 15.1. The molecule has 0 atom stereocenters. The Morgan fingerprint density at radius 1 is 1.05 bits per heavy atom. The molecule has 4 nitrogen and oxygen atoms in total. The van der Waals surface area contributed by atoms with Gasteiger partial charge in [0.05, 0.1) is 0 Å². The van der Waals surface area contributed by atoms with Crippen molar-refractivity contribution in [2.75, 3.05) is 0 Å². The highest BCUT2D eigenvalue weighted by molar-refractivity contribution is 5.71. The van der Waals surface area contributed by atoms with Crippen molar-refractivity contribution in [3.8, 4) is 34.1 Å². The third-order valence-corrected chi connectivity index (χ3v) is 3.47. The summed E-state index contributed by atoms with van der Waals surface area (Å²) in [5, 5.41) is 20.8. The molecule has 1 aromatic carbocycles. The van der Waals surface area contributed by atoms with Gasteiger partial charge in [0.1, 0.15) is 17.3 Å². The van der Waals surface area contributed by atoms with Crippen LogP contribution in [-0.4, -0.2) is 5.11 Å². The molecule has 0 saturated carbocycles. The van der Waals surface area contributed by atoms with Gasteiger partial charge in [-0.05, 0) is 43.2 Å². The largest absolute Gasteiger partial charge is 0.870 e. The third kappa shape index (κ3) is 2.25. The van der Waals surface area contributed by atoms with Gasteiger partial charge in [0.25, 0.3) is 0 Å². The third-order valence-electron chi connectivity index (χ3n) is 3.47. The zero-order valence-electron chi connectivity index (χ0n) is 11.6. The first-order chi connectivity index (χ1) is 9.95. The van der Waals surface area contributed by atoms with Crippen molar-refractivity contribution in [2.45, 2.75) is 13.8 Å². The number of hydrogen-bond acceptors (Lipinski definition) is 4. The first-order valence-corrected chi connectivity index (χ1v) is 6.51. The molecule has 2 aliphatic rings. The molecule has 0 aromatic heterocycles. The molecular weight excluding hydrogens is 268 g/mol. The van der Waals surface area contributed by atoms with Crippen LogP contribution in [0.5, 0.6) is 11.5 Å². The van der Waals surface area contributed by atoms with E-state index in [1.165, 1.54) is 18.2 Å². The second kappa shape index (κ2) is 4.66. The number of aryl methyl sites for hydroxylation is 2. The Morgan fingerprint density at radius 2 is 1.81 bits per heavy atom. The number of fused-ring (bicyclic) bond motifs is 1. The molecule has 0 fully saturated rings. The Kier molecular flexibility index (Phi) is 2.94. The molecule has 3 rings (SSSR count). The average Bonchev–Trinajstić information content (AvgIpc) is 2.42. The maximum atomic E-state index is 11.6. The lowest BCUT2D eigenvalue weighted by Gasteiger charge is -2.14. The van der Waals surface area contributed by atoms with Crippen LogP contribution in [0.3, 0.4) is 0 Å². The Bertz CT molecular complexity index is 861. The molecule has 1 aromatic rings. The predicted molar refractivity (Wildman–Crippen MR) is 77.6 cm³/mol. The molecule has 0 spiro atoms. The minimum absolute atomic E-state index is 0.115. The Morgan fingerprint density at radius 3 is 2.52 bits per heavy atom. The van der Waals surface area contributed by atoms with Gasteiger partial charge in [0.2, 0.25) is 0 Å². The molecule has 0 unspecified atom stereocenters. The van der Waals surface area contributed by atoms with E-state index in [0.29, 0.717) is 17.1 Å². The fraction of sp³-hybridized carbons (Fsp3) is 0.118. The summed E-state index contributed by atoms with van der Waals surface area (Å²) in [6.45, 7) is 3.74. The van der Waals surface area contributed by atoms with E-state index in [0.717, 1.165) is 16.7 Å². The molecule has 4 heteroatoms. The summed E-state index contributed by atoms with van der Waals surface area (Å²) in [5.74, 6) is 0.264. The van der Waals surface area contributed by atoms with Crippen molar-refractivity contribution >= 4 is 0 Å². The van der Waals surface area contributed by atoms with E-state index < -0.39 is 5.75 Å². The van der Waals surface area contributed by atoms with Gasteiger partial charge in [-0.2, -0.15) is 0 Å². The highest BCUT2D eigenvalue weighted by atomic mass is 16.3. The number of rotatable bonds is 1. The van der Waals surface area contributed by atoms with Crippen molar-refractivity contribution in [3.05, 3.63) is 57.7 Å². The fourth-order valence-corrected chi connectivity index (χ4v) is 2.42. The molecule has 0 radical (unpaired) electrons. The quantitative estimate of drug-likeness (QED) is 0.744. The van der Waals surface area contributed by atoms with Gasteiger partial charge >= 0.3 is 0 Å². The van der Waals surface area contributed by atoms with Crippen LogP contribution in [0.2, 0.25) is 0 Å². The zero-order valence-corrected chi connectivity index (χ0v) is 11.6. The Balaban J connectivity index is 2.28. The fourth-order valence-electron chi connectivity index (χ4n) is 2.42. The van der Waals surface area contributed by atoms with Gasteiger partial charge in [-0.1, -0.05) is 17.9 Å². The first kappa shape index (κ1) is 13.2. The van der Waals surface area contributed by atoms with Gasteiger partial charge in [-0.15, -0.1) is 0 Å². The molecule has 106 valence electrons.